The highest BCUT2D eigenvalue weighted by molar-refractivity contribution is 5.79. The van der Waals surface area contributed by atoms with Crippen LogP contribution >= 0.6 is 0 Å². The van der Waals surface area contributed by atoms with Gasteiger partial charge in [0, 0.05) is 19.4 Å². The Morgan fingerprint density at radius 3 is 2.38 bits per heavy atom. The molecule has 0 heterocycles. The zero-order chi connectivity index (χ0) is 9.90. The lowest BCUT2D eigenvalue weighted by atomic mass is 9.71. The summed E-state index contributed by atoms with van der Waals surface area (Å²) in [6, 6.07) is 0. The molecule has 0 aromatic rings. The van der Waals surface area contributed by atoms with Crippen LogP contribution in [0.5, 0.6) is 0 Å². The quantitative estimate of drug-likeness (QED) is 0.725. The number of carbonyl (C=O) groups is 1. The van der Waals surface area contributed by atoms with Crippen molar-refractivity contribution in [1.29, 1.82) is 0 Å². The molecule has 1 rings (SSSR count). The number of Topliss-reactive ketones (excluding diaryl/α,β-unsaturated/α-hetero) is 1. The minimum absolute atomic E-state index is 0.343. The Bertz CT molecular complexity index is 177. The summed E-state index contributed by atoms with van der Waals surface area (Å²) in [4.78, 5) is 11.1. The number of hydrogen-bond donors (Lipinski definition) is 1. The number of carbonyl (C=O) groups excluding carboxylic acids is 1. The van der Waals surface area contributed by atoms with Crippen molar-refractivity contribution in [3.05, 3.63) is 0 Å². The van der Waals surface area contributed by atoms with E-state index in [9.17, 15) is 4.79 Å². The maximum atomic E-state index is 11.1. The van der Waals surface area contributed by atoms with Gasteiger partial charge in [0.2, 0.25) is 0 Å². The van der Waals surface area contributed by atoms with Gasteiger partial charge in [0.1, 0.15) is 5.78 Å². The largest absolute Gasteiger partial charge is 0.319 e. The van der Waals surface area contributed by atoms with Gasteiger partial charge in [-0.3, -0.25) is 4.79 Å². The van der Waals surface area contributed by atoms with Gasteiger partial charge < -0.3 is 5.32 Å². The molecule has 0 aromatic heterocycles. The fourth-order valence-electron chi connectivity index (χ4n) is 2.32. The number of nitrogens with one attached hydrogen (secondary N) is 1. The average molecular weight is 183 g/mol. The van der Waals surface area contributed by atoms with Gasteiger partial charge in [-0.25, -0.2) is 0 Å². The Morgan fingerprint density at radius 2 is 1.92 bits per heavy atom. The molecule has 0 atom stereocenters. The summed E-state index contributed by atoms with van der Waals surface area (Å²) in [6.07, 6.45) is 3.79. The number of ketones is 1. The zero-order valence-corrected chi connectivity index (χ0v) is 9.02. The molecular weight excluding hydrogens is 162 g/mol. The Morgan fingerprint density at radius 1 is 1.38 bits per heavy atom. The summed E-state index contributed by atoms with van der Waals surface area (Å²) in [5, 5.41) is 3.23. The Kier molecular flexibility index (Phi) is 3.48. The fourth-order valence-corrected chi connectivity index (χ4v) is 2.32. The maximum Gasteiger partial charge on any atom is 0.132 e. The van der Waals surface area contributed by atoms with Crippen molar-refractivity contribution >= 4 is 5.78 Å². The molecule has 0 aliphatic heterocycles. The molecule has 2 nitrogen and oxygen atoms in total. The predicted octanol–water partition coefficient (Wildman–Crippen LogP) is 1.99. The molecule has 1 aliphatic carbocycles. The van der Waals surface area contributed by atoms with Gasteiger partial charge in [-0.2, -0.15) is 0 Å². The Labute approximate surface area is 81.1 Å². The summed E-state index contributed by atoms with van der Waals surface area (Å²) >= 11 is 0. The minimum Gasteiger partial charge on any atom is -0.319 e. The van der Waals surface area contributed by atoms with Crippen molar-refractivity contribution in [3.8, 4) is 0 Å². The van der Waals surface area contributed by atoms with Crippen LogP contribution in [0.1, 0.15) is 39.5 Å². The monoisotopic (exact) mass is 183 g/mol. The molecule has 1 fully saturated rings. The lowest BCUT2D eigenvalue weighted by Gasteiger charge is -2.36. The van der Waals surface area contributed by atoms with Crippen LogP contribution in [-0.4, -0.2) is 19.4 Å². The molecule has 13 heavy (non-hydrogen) atoms. The van der Waals surface area contributed by atoms with Crippen molar-refractivity contribution in [2.75, 3.05) is 13.6 Å². The molecule has 1 aliphatic rings. The standard InChI is InChI=1S/C11H21NO/c1-11(2,8-12-3)9-4-6-10(13)7-5-9/h9,12H,4-8H2,1-3H3. The predicted molar refractivity (Wildman–Crippen MR) is 54.7 cm³/mol. The third-order valence-corrected chi connectivity index (χ3v) is 3.28. The van der Waals surface area contributed by atoms with Crippen molar-refractivity contribution in [2.24, 2.45) is 11.3 Å². The molecule has 0 bridgehead atoms. The van der Waals surface area contributed by atoms with Crippen LogP contribution in [0, 0.1) is 11.3 Å². The van der Waals surface area contributed by atoms with Crippen LogP contribution in [0.15, 0.2) is 0 Å². The first-order valence-electron chi connectivity index (χ1n) is 5.22. The number of hydrogen-bond acceptors (Lipinski definition) is 2. The van der Waals surface area contributed by atoms with Gasteiger partial charge >= 0.3 is 0 Å². The van der Waals surface area contributed by atoms with E-state index < -0.39 is 0 Å². The third-order valence-electron chi connectivity index (χ3n) is 3.28. The van der Waals surface area contributed by atoms with E-state index in [1.54, 1.807) is 0 Å². The van der Waals surface area contributed by atoms with E-state index in [2.05, 4.69) is 19.2 Å². The summed E-state index contributed by atoms with van der Waals surface area (Å²) in [6.45, 7) is 5.64. The van der Waals surface area contributed by atoms with E-state index in [1.807, 2.05) is 7.05 Å². The molecule has 76 valence electrons. The topological polar surface area (TPSA) is 29.1 Å². The van der Waals surface area contributed by atoms with Crippen LogP contribution in [0.2, 0.25) is 0 Å². The van der Waals surface area contributed by atoms with E-state index >= 15 is 0 Å². The first kappa shape index (κ1) is 10.7. The van der Waals surface area contributed by atoms with Crippen LogP contribution in [0.3, 0.4) is 0 Å². The molecule has 1 saturated carbocycles. The normalized spacial score (nSPS) is 20.7. The molecule has 0 unspecified atom stereocenters. The second kappa shape index (κ2) is 4.23. The summed E-state index contributed by atoms with van der Waals surface area (Å²) in [7, 11) is 2.00. The second-order valence-electron chi connectivity index (χ2n) is 4.83. The summed E-state index contributed by atoms with van der Waals surface area (Å²) in [5.41, 5.74) is 0.343. The molecule has 1 N–H and O–H groups in total. The zero-order valence-electron chi connectivity index (χ0n) is 9.02. The molecule has 0 spiro atoms. The molecule has 0 radical (unpaired) electrons. The van der Waals surface area contributed by atoms with Gasteiger partial charge in [0.25, 0.3) is 0 Å². The van der Waals surface area contributed by atoms with Crippen LogP contribution in [0.4, 0.5) is 0 Å². The van der Waals surface area contributed by atoms with Crippen LogP contribution < -0.4 is 5.32 Å². The van der Waals surface area contributed by atoms with Crippen molar-refractivity contribution in [2.45, 2.75) is 39.5 Å². The van der Waals surface area contributed by atoms with Gasteiger partial charge in [-0.1, -0.05) is 13.8 Å². The van der Waals surface area contributed by atoms with Gasteiger partial charge in [0.05, 0.1) is 0 Å². The average Bonchev–Trinajstić information content (AvgIpc) is 2.05. The smallest absolute Gasteiger partial charge is 0.132 e. The van der Waals surface area contributed by atoms with Crippen molar-refractivity contribution in [3.63, 3.8) is 0 Å². The minimum atomic E-state index is 0.343. The summed E-state index contributed by atoms with van der Waals surface area (Å²) < 4.78 is 0. The highest BCUT2D eigenvalue weighted by atomic mass is 16.1. The fraction of sp³-hybridized carbons (Fsp3) is 0.909. The SMILES string of the molecule is CNCC(C)(C)C1CCC(=O)CC1. The Balaban J connectivity index is 2.47. The van der Waals surface area contributed by atoms with Gasteiger partial charge in [0.15, 0.2) is 0 Å². The highest BCUT2D eigenvalue weighted by Gasteiger charge is 2.31. The molecular formula is C11H21NO. The van der Waals surface area contributed by atoms with E-state index in [1.165, 1.54) is 0 Å². The van der Waals surface area contributed by atoms with E-state index in [4.69, 9.17) is 0 Å². The molecule has 0 amide bonds. The third kappa shape index (κ3) is 2.80. The highest BCUT2D eigenvalue weighted by Crippen LogP contribution is 2.36. The van der Waals surface area contributed by atoms with Gasteiger partial charge in [-0.15, -0.1) is 0 Å². The van der Waals surface area contributed by atoms with Crippen LogP contribution in [-0.2, 0) is 4.79 Å². The van der Waals surface area contributed by atoms with E-state index in [-0.39, 0.29) is 0 Å². The maximum absolute atomic E-state index is 11.1. The lowest BCUT2D eigenvalue weighted by molar-refractivity contribution is -0.121. The van der Waals surface area contributed by atoms with E-state index in [0.717, 1.165) is 38.1 Å². The van der Waals surface area contributed by atoms with E-state index in [0.29, 0.717) is 11.2 Å². The first-order valence-corrected chi connectivity index (χ1v) is 5.22. The Hall–Kier alpha value is -0.370. The van der Waals surface area contributed by atoms with Gasteiger partial charge in [-0.05, 0) is 31.2 Å². The van der Waals surface area contributed by atoms with Crippen molar-refractivity contribution in [1.82, 2.24) is 5.32 Å². The lowest BCUT2D eigenvalue weighted by Crippen LogP contribution is -2.36. The summed E-state index contributed by atoms with van der Waals surface area (Å²) in [5.74, 6) is 1.18. The number of rotatable bonds is 3. The second-order valence-corrected chi connectivity index (χ2v) is 4.83. The molecule has 0 aromatic carbocycles. The van der Waals surface area contributed by atoms with Crippen LogP contribution in [0.25, 0.3) is 0 Å². The molecule has 0 saturated heterocycles. The molecule has 2 heteroatoms. The first-order chi connectivity index (χ1) is 6.06. The van der Waals surface area contributed by atoms with Crippen molar-refractivity contribution < 1.29 is 4.79 Å².